The molecule has 7 heteroatoms. The van der Waals surface area contributed by atoms with Crippen molar-refractivity contribution in [3.8, 4) is 0 Å². The van der Waals surface area contributed by atoms with Crippen LogP contribution >= 0.6 is 24.0 Å². The highest BCUT2D eigenvalue weighted by molar-refractivity contribution is 14.0. The number of hydrogen-bond donors (Lipinski definition) is 2. The maximum absolute atomic E-state index is 5.61. The summed E-state index contributed by atoms with van der Waals surface area (Å²) < 4.78 is 7.67. The summed E-state index contributed by atoms with van der Waals surface area (Å²) in [7, 11) is 1.84. The van der Waals surface area contributed by atoms with Crippen molar-refractivity contribution in [1.82, 2.24) is 20.0 Å². The minimum Gasteiger partial charge on any atom is -0.382 e. The van der Waals surface area contributed by atoms with E-state index in [1.165, 1.54) is 25.7 Å². The van der Waals surface area contributed by atoms with Crippen LogP contribution < -0.4 is 10.6 Å². The number of hydrogen-bond acceptors (Lipinski definition) is 3. The molecule has 0 unspecified atom stereocenters. The van der Waals surface area contributed by atoms with Crippen molar-refractivity contribution >= 4 is 35.6 Å². The lowest BCUT2D eigenvalue weighted by molar-refractivity contribution is 0.105. The van der Waals surface area contributed by atoms with Crippen LogP contribution in [0.15, 0.2) is 35.6 Å². The largest absolute Gasteiger partial charge is 0.382 e. The van der Waals surface area contributed by atoms with Gasteiger partial charge in [0.1, 0.15) is 5.65 Å². The SMILES string of the molecule is CCOCCC1(CNC(=NC)NCCc2cn3ccccc3n2)CCCC1.I. The van der Waals surface area contributed by atoms with E-state index in [0.717, 1.165) is 56.4 Å². The number of halogens is 1. The van der Waals surface area contributed by atoms with Crippen LogP contribution in [0.1, 0.15) is 44.7 Å². The van der Waals surface area contributed by atoms with Crippen molar-refractivity contribution < 1.29 is 4.74 Å². The predicted octanol–water partition coefficient (Wildman–Crippen LogP) is 3.65. The van der Waals surface area contributed by atoms with Gasteiger partial charge in [-0.1, -0.05) is 18.9 Å². The maximum Gasteiger partial charge on any atom is 0.191 e. The summed E-state index contributed by atoms with van der Waals surface area (Å²) in [6.07, 6.45) is 11.3. The minimum atomic E-state index is 0. The van der Waals surface area contributed by atoms with E-state index in [0.29, 0.717) is 5.41 Å². The number of fused-ring (bicyclic) bond motifs is 1. The quantitative estimate of drug-likeness (QED) is 0.239. The van der Waals surface area contributed by atoms with Gasteiger partial charge in [0.25, 0.3) is 0 Å². The molecular formula is C21H34IN5O. The monoisotopic (exact) mass is 499 g/mol. The Morgan fingerprint density at radius 1 is 1.29 bits per heavy atom. The van der Waals surface area contributed by atoms with Crippen LogP contribution in [0.4, 0.5) is 0 Å². The van der Waals surface area contributed by atoms with E-state index in [1.54, 1.807) is 0 Å². The van der Waals surface area contributed by atoms with Crippen molar-refractivity contribution in [3.05, 3.63) is 36.3 Å². The Balaban J connectivity index is 0.00000280. The van der Waals surface area contributed by atoms with Gasteiger partial charge in [0.15, 0.2) is 5.96 Å². The second-order valence-corrected chi connectivity index (χ2v) is 7.45. The molecule has 0 aliphatic heterocycles. The van der Waals surface area contributed by atoms with E-state index in [2.05, 4.69) is 38.1 Å². The molecule has 1 aliphatic carbocycles. The molecule has 2 N–H and O–H groups in total. The van der Waals surface area contributed by atoms with Gasteiger partial charge in [-0.25, -0.2) is 4.98 Å². The Bertz CT molecular complexity index is 706. The second kappa shape index (κ2) is 11.6. The zero-order chi connectivity index (χ0) is 19.0. The molecule has 6 nitrogen and oxygen atoms in total. The Morgan fingerprint density at radius 2 is 2.11 bits per heavy atom. The zero-order valence-corrected chi connectivity index (χ0v) is 19.4. The van der Waals surface area contributed by atoms with Crippen LogP contribution in [-0.4, -0.2) is 48.7 Å². The first-order valence-corrected chi connectivity index (χ1v) is 10.2. The van der Waals surface area contributed by atoms with Crippen LogP contribution in [0.25, 0.3) is 5.65 Å². The molecule has 1 fully saturated rings. The van der Waals surface area contributed by atoms with Gasteiger partial charge in [-0.05, 0) is 43.7 Å². The highest BCUT2D eigenvalue weighted by Crippen LogP contribution is 2.40. The van der Waals surface area contributed by atoms with Gasteiger partial charge in [-0.2, -0.15) is 0 Å². The first-order valence-electron chi connectivity index (χ1n) is 10.2. The van der Waals surface area contributed by atoms with E-state index in [1.807, 2.05) is 31.4 Å². The lowest BCUT2D eigenvalue weighted by Crippen LogP contribution is -2.44. The molecule has 156 valence electrons. The lowest BCUT2D eigenvalue weighted by atomic mass is 9.83. The Morgan fingerprint density at radius 3 is 2.82 bits per heavy atom. The molecule has 3 rings (SSSR count). The summed E-state index contributed by atoms with van der Waals surface area (Å²) >= 11 is 0. The molecule has 0 bridgehead atoms. The number of aromatic nitrogens is 2. The van der Waals surface area contributed by atoms with Gasteiger partial charge in [-0.3, -0.25) is 4.99 Å². The van der Waals surface area contributed by atoms with Crippen molar-refractivity contribution in [2.45, 2.75) is 45.4 Å². The van der Waals surface area contributed by atoms with Crippen molar-refractivity contribution in [3.63, 3.8) is 0 Å². The van der Waals surface area contributed by atoms with E-state index in [9.17, 15) is 0 Å². The normalized spacial score (nSPS) is 16.1. The predicted molar refractivity (Wildman–Crippen MR) is 126 cm³/mol. The number of aliphatic imine (C=N–C) groups is 1. The Labute approximate surface area is 185 Å². The molecule has 28 heavy (non-hydrogen) atoms. The van der Waals surface area contributed by atoms with E-state index >= 15 is 0 Å². The number of imidazole rings is 1. The number of guanidine groups is 1. The van der Waals surface area contributed by atoms with Gasteiger partial charge in [0.2, 0.25) is 0 Å². The zero-order valence-electron chi connectivity index (χ0n) is 17.1. The van der Waals surface area contributed by atoms with Crippen LogP contribution in [0, 0.1) is 5.41 Å². The summed E-state index contributed by atoms with van der Waals surface area (Å²) in [6.45, 7) is 5.51. The molecule has 2 aromatic rings. The molecule has 1 saturated carbocycles. The van der Waals surface area contributed by atoms with Gasteiger partial charge < -0.3 is 19.8 Å². The van der Waals surface area contributed by atoms with E-state index < -0.39 is 0 Å². The number of ether oxygens (including phenoxy) is 1. The number of nitrogens with one attached hydrogen (secondary N) is 2. The lowest BCUT2D eigenvalue weighted by Gasteiger charge is -2.30. The molecular weight excluding hydrogens is 465 g/mol. The van der Waals surface area contributed by atoms with Gasteiger partial charge in [-0.15, -0.1) is 24.0 Å². The summed E-state index contributed by atoms with van der Waals surface area (Å²) in [5.74, 6) is 0.876. The number of rotatable bonds is 9. The fraction of sp³-hybridized carbons (Fsp3) is 0.619. The Hall–Kier alpha value is -1.35. The highest BCUT2D eigenvalue weighted by atomic mass is 127. The number of pyridine rings is 1. The van der Waals surface area contributed by atoms with Gasteiger partial charge in [0.05, 0.1) is 5.69 Å². The maximum atomic E-state index is 5.61. The molecule has 0 radical (unpaired) electrons. The molecule has 0 aromatic carbocycles. The van der Waals surface area contributed by atoms with Crippen LogP contribution in [-0.2, 0) is 11.2 Å². The van der Waals surface area contributed by atoms with Crippen LogP contribution in [0.5, 0.6) is 0 Å². The molecule has 0 saturated heterocycles. The standard InChI is InChI=1S/C21H33N5O.HI/c1-3-27-15-12-21(10-5-6-11-21)17-24-20(22-2)23-13-9-18-16-26-14-7-4-8-19(26)25-18;/h4,7-8,14,16H,3,5-6,9-13,15,17H2,1-2H3,(H2,22,23,24);1H. The average molecular weight is 499 g/mol. The van der Waals surface area contributed by atoms with Crippen molar-refractivity contribution in [2.24, 2.45) is 10.4 Å². The van der Waals surface area contributed by atoms with E-state index in [4.69, 9.17) is 4.74 Å². The first kappa shape index (κ1) is 22.9. The number of nitrogens with zero attached hydrogens (tertiary/aromatic N) is 3. The van der Waals surface area contributed by atoms with Gasteiger partial charge >= 0.3 is 0 Å². The second-order valence-electron chi connectivity index (χ2n) is 7.45. The average Bonchev–Trinajstić information content (AvgIpc) is 3.31. The summed E-state index contributed by atoms with van der Waals surface area (Å²) in [5, 5.41) is 6.98. The third kappa shape index (κ3) is 6.34. The molecule has 2 aromatic heterocycles. The fourth-order valence-corrected chi connectivity index (χ4v) is 3.98. The third-order valence-corrected chi connectivity index (χ3v) is 5.59. The van der Waals surface area contributed by atoms with Crippen molar-refractivity contribution in [2.75, 3.05) is 33.4 Å². The third-order valence-electron chi connectivity index (χ3n) is 5.59. The molecule has 0 atom stereocenters. The van der Waals surface area contributed by atoms with Crippen molar-refractivity contribution in [1.29, 1.82) is 0 Å². The molecule has 2 heterocycles. The minimum absolute atomic E-state index is 0. The van der Waals surface area contributed by atoms with Gasteiger partial charge in [0, 0.05) is 52.2 Å². The Kier molecular flexibility index (Phi) is 9.50. The summed E-state index contributed by atoms with van der Waals surface area (Å²) in [4.78, 5) is 9.03. The fourth-order valence-electron chi connectivity index (χ4n) is 3.98. The van der Waals surface area contributed by atoms with E-state index in [-0.39, 0.29) is 24.0 Å². The highest BCUT2D eigenvalue weighted by Gasteiger charge is 2.33. The summed E-state index contributed by atoms with van der Waals surface area (Å²) in [5.41, 5.74) is 2.44. The summed E-state index contributed by atoms with van der Waals surface area (Å²) in [6, 6.07) is 6.06. The smallest absolute Gasteiger partial charge is 0.191 e. The molecule has 0 spiro atoms. The molecule has 1 aliphatic rings. The first-order chi connectivity index (χ1) is 13.2. The van der Waals surface area contributed by atoms with Crippen LogP contribution in [0.2, 0.25) is 0 Å². The topological polar surface area (TPSA) is 63.0 Å². The molecule has 0 amide bonds. The van der Waals surface area contributed by atoms with Crippen LogP contribution in [0.3, 0.4) is 0 Å².